The second-order valence-corrected chi connectivity index (χ2v) is 6.35. The number of hydrogen-bond acceptors (Lipinski definition) is 3. The lowest BCUT2D eigenvalue weighted by atomic mass is 9.81. The number of methoxy groups -OCH3 is 1. The molecule has 1 aliphatic carbocycles. The molecule has 1 aromatic carbocycles. The van der Waals surface area contributed by atoms with Gasteiger partial charge in [-0.05, 0) is 48.6 Å². The highest BCUT2D eigenvalue weighted by molar-refractivity contribution is 8.02. The van der Waals surface area contributed by atoms with Crippen LogP contribution in [0.4, 0.5) is 0 Å². The van der Waals surface area contributed by atoms with E-state index < -0.39 is 0 Å². The Morgan fingerprint density at radius 3 is 2.76 bits per heavy atom. The van der Waals surface area contributed by atoms with Crippen LogP contribution in [0.5, 0.6) is 0 Å². The molecule has 1 aromatic rings. The lowest BCUT2D eigenvalue weighted by molar-refractivity contribution is -0.136. The van der Waals surface area contributed by atoms with E-state index in [-0.39, 0.29) is 5.97 Å². The van der Waals surface area contributed by atoms with Gasteiger partial charge >= 0.3 is 5.97 Å². The molecule has 2 atom stereocenters. The summed E-state index contributed by atoms with van der Waals surface area (Å²) in [5.41, 5.74) is 0.837. The van der Waals surface area contributed by atoms with Crippen LogP contribution in [0.1, 0.15) is 26.2 Å². The first-order valence-electron chi connectivity index (χ1n) is 7.36. The fourth-order valence-corrected chi connectivity index (χ4v) is 3.34. The monoisotopic (exact) mass is 302 g/mol. The molecule has 0 radical (unpaired) electrons. The molecule has 112 valence electrons. The summed E-state index contributed by atoms with van der Waals surface area (Å²) in [4.78, 5) is 12.7. The molecule has 0 saturated carbocycles. The molecule has 0 saturated heterocycles. The molecule has 0 unspecified atom stereocenters. The molecular formula is C18H22O2S. The number of carbonyl (C=O) groups excluding carboxylic acids is 1. The van der Waals surface area contributed by atoms with E-state index in [0.29, 0.717) is 11.8 Å². The molecule has 2 nitrogen and oxygen atoms in total. The largest absolute Gasteiger partial charge is 0.466 e. The van der Waals surface area contributed by atoms with Crippen LogP contribution in [0.2, 0.25) is 0 Å². The minimum atomic E-state index is -0.170. The van der Waals surface area contributed by atoms with Crippen molar-refractivity contribution in [3.05, 3.63) is 53.5 Å². The first kappa shape index (κ1) is 15.9. The quantitative estimate of drug-likeness (QED) is 0.576. The number of rotatable bonds is 5. The van der Waals surface area contributed by atoms with Gasteiger partial charge in [0.15, 0.2) is 0 Å². The van der Waals surface area contributed by atoms with Crippen LogP contribution in [0.3, 0.4) is 0 Å². The van der Waals surface area contributed by atoms with Crippen LogP contribution in [0.15, 0.2) is 58.4 Å². The first-order chi connectivity index (χ1) is 10.2. The van der Waals surface area contributed by atoms with Gasteiger partial charge in [0.05, 0.1) is 7.11 Å². The maximum Gasteiger partial charge on any atom is 0.333 e. The fraction of sp³-hybridized carbons (Fsp3) is 0.389. The van der Waals surface area contributed by atoms with Crippen molar-refractivity contribution in [2.45, 2.75) is 31.1 Å². The van der Waals surface area contributed by atoms with Gasteiger partial charge in [-0.2, -0.15) is 0 Å². The summed E-state index contributed by atoms with van der Waals surface area (Å²) in [5, 5.41) is 2.18. The molecular weight excluding hydrogens is 280 g/mol. The molecule has 0 amide bonds. The molecule has 0 spiro atoms. The van der Waals surface area contributed by atoms with E-state index in [1.807, 2.05) is 6.07 Å². The Morgan fingerprint density at radius 2 is 2.14 bits per heavy atom. The number of hydrogen-bond donors (Lipinski definition) is 0. The molecule has 0 aromatic heterocycles. The Hall–Kier alpha value is -1.48. The van der Waals surface area contributed by atoms with E-state index in [1.54, 1.807) is 11.8 Å². The van der Waals surface area contributed by atoms with Crippen LogP contribution in [0, 0.1) is 11.8 Å². The van der Waals surface area contributed by atoms with Gasteiger partial charge in [-0.3, -0.25) is 0 Å². The minimum absolute atomic E-state index is 0.170. The number of allylic oxidation sites excluding steroid dienone is 2. The predicted octanol–water partition coefficient (Wildman–Crippen LogP) is 4.83. The summed E-state index contributed by atoms with van der Waals surface area (Å²) in [6, 6.07) is 10.4. The summed E-state index contributed by atoms with van der Waals surface area (Å²) in [6.07, 6.45) is 7.18. The third-order valence-corrected chi connectivity index (χ3v) is 4.81. The van der Waals surface area contributed by atoms with Gasteiger partial charge in [0.2, 0.25) is 0 Å². The first-order valence-corrected chi connectivity index (χ1v) is 8.24. The van der Waals surface area contributed by atoms with E-state index in [0.717, 1.165) is 24.8 Å². The normalized spacial score (nSPS) is 20.1. The molecule has 21 heavy (non-hydrogen) atoms. The van der Waals surface area contributed by atoms with Crippen molar-refractivity contribution in [3.8, 4) is 0 Å². The van der Waals surface area contributed by atoms with Crippen molar-refractivity contribution >= 4 is 17.7 Å². The number of thioether (sulfide) groups is 1. The fourth-order valence-electron chi connectivity index (χ4n) is 2.55. The van der Waals surface area contributed by atoms with Crippen LogP contribution < -0.4 is 0 Å². The number of carbonyl (C=O) groups is 1. The zero-order chi connectivity index (χ0) is 15.1. The Bertz CT molecular complexity index is 519. The highest BCUT2D eigenvalue weighted by Gasteiger charge is 2.21. The molecule has 0 heterocycles. The maximum absolute atomic E-state index is 11.5. The minimum Gasteiger partial charge on any atom is -0.466 e. The second kappa shape index (κ2) is 8.08. The van der Waals surface area contributed by atoms with E-state index in [4.69, 9.17) is 4.74 Å². The maximum atomic E-state index is 11.5. The molecule has 3 heteroatoms. The molecule has 1 aliphatic rings. The lowest BCUT2D eigenvalue weighted by Crippen LogP contribution is -2.16. The summed E-state index contributed by atoms with van der Waals surface area (Å²) in [6.45, 7) is 2.25. The average molecular weight is 302 g/mol. The molecule has 0 N–H and O–H groups in total. The highest BCUT2D eigenvalue weighted by atomic mass is 32.2. The summed E-state index contributed by atoms with van der Waals surface area (Å²) in [7, 11) is 1.45. The van der Waals surface area contributed by atoms with Crippen LogP contribution >= 0.6 is 11.8 Å². The second-order valence-electron chi connectivity index (χ2n) is 5.37. The van der Waals surface area contributed by atoms with Crippen molar-refractivity contribution < 1.29 is 9.53 Å². The van der Waals surface area contributed by atoms with Gasteiger partial charge in [0.25, 0.3) is 0 Å². The molecule has 0 aliphatic heterocycles. The van der Waals surface area contributed by atoms with Gasteiger partial charge in [0.1, 0.15) is 0 Å². The average Bonchev–Trinajstić information content (AvgIpc) is 2.55. The van der Waals surface area contributed by atoms with Gasteiger partial charge in [-0.25, -0.2) is 4.79 Å². The lowest BCUT2D eigenvalue weighted by Gasteiger charge is -2.24. The highest BCUT2D eigenvalue weighted by Crippen LogP contribution is 2.31. The van der Waals surface area contributed by atoms with E-state index in [9.17, 15) is 4.79 Å². The Kier molecular flexibility index (Phi) is 6.12. The van der Waals surface area contributed by atoms with E-state index in [2.05, 4.69) is 48.7 Å². The summed E-state index contributed by atoms with van der Waals surface area (Å²) < 4.78 is 4.77. The van der Waals surface area contributed by atoms with Crippen LogP contribution in [-0.4, -0.2) is 13.1 Å². The number of ether oxygens (including phenoxy) is 1. The van der Waals surface area contributed by atoms with Crippen molar-refractivity contribution in [3.63, 3.8) is 0 Å². The summed E-state index contributed by atoms with van der Waals surface area (Å²) >= 11 is 1.75. The van der Waals surface area contributed by atoms with E-state index in [1.165, 1.54) is 12.0 Å². The van der Waals surface area contributed by atoms with Crippen molar-refractivity contribution in [1.29, 1.82) is 0 Å². The third-order valence-electron chi connectivity index (χ3n) is 3.97. The predicted molar refractivity (Wildman–Crippen MR) is 88.0 cm³/mol. The van der Waals surface area contributed by atoms with E-state index >= 15 is 0 Å². The van der Waals surface area contributed by atoms with Crippen molar-refractivity contribution in [2.75, 3.05) is 7.11 Å². The Morgan fingerprint density at radius 1 is 1.38 bits per heavy atom. The van der Waals surface area contributed by atoms with Crippen molar-refractivity contribution in [1.82, 2.24) is 0 Å². The van der Waals surface area contributed by atoms with Gasteiger partial charge in [-0.15, -0.1) is 0 Å². The van der Waals surface area contributed by atoms with Gasteiger partial charge in [-0.1, -0.05) is 49.0 Å². The molecule has 0 fully saturated rings. The third kappa shape index (κ3) is 4.78. The van der Waals surface area contributed by atoms with Crippen molar-refractivity contribution in [2.24, 2.45) is 11.8 Å². The zero-order valence-electron chi connectivity index (χ0n) is 12.6. The SMILES string of the molecule is COC(=O)C1=CC[C@H]([C@H](C)/C=C/Sc2ccccc2)CC1. The number of benzene rings is 1. The summed E-state index contributed by atoms with van der Waals surface area (Å²) in [5.74, 6) is 0.971. The number of esters is 1. The molecule has 2 rings (SSSR count). The zero-order valence-corrected chi connectivity index (χ0v) is 13.4. The smallest absolute Gasteiger partial charge is 0.333 e. The Labute approximate surface area is 131 Å². The van der Waals surface area contributed by atoms with Gasteiger partial charge in [0, 0.05) is 10.5 Å². The standard InChI is InChI=1S/C18H22O2S/c1-14(12-13-21-17-6-4-3-5-7-17)15-8-10-16(11-9-15)18(19)20-2/h3-7,10,12-15H,8-9,11H2,1-2H3/b13-12+/t14-,15+/m1/s1. The van der Waals surface area contributed by atoms with Crippen LogP contribution in [-0.2, 0) is 9.53 Å². The van der Waals surface area contributed by atoms with Gasteiger partial charge < -0.3 is 4.74 Å². The topological polar surface area (TPSA) is 26.3 Å². The molecule has 0 bridgehead atoms. The Balaban J connectivity index is 1.83. The van der Waals surface area contributed by atoms with Crippen LogP contribution in [0.25, 0.3) is 0 Å².